The first-order valence-corrected chi connectivity index (χ1v) is 6.16. The highest BCUT2D eigenvalue weighted by Crippen LogP contribution is 2.17. The number of fused-ring (bicyclic) bond motifs is 1. The van der Waals surface area contributed by atoms with Crippen molar-refractivity contribution in [3.63, 3.8) is 0 Å². The van der Waals surface area contributed by atoms with Crippen LogP contribution in [0.2, 0.25) is 0 Å². The second-order valence-electron chi connectivity index (χ2n) is 5.28. The SMILES string of the molecule is Cc1cc2n(C)c(C)c(C)c(=O)n2c1CN(C)C. The quantitative estimate of drug-likeness (QED) is 0.807. The van der Waals surface area contributed by atoms with Crippen molar-refractivity contribution in [1.29, 1.82) is 0 Å². The van der Waals surface area contributed by atoms with Gasteiger partial charge in [0.25, 0.3) is 5.56 Å². The molecule has 0 saturated carbocycles. The molecule has 2 heterocycles. The maximum absolute atomic E-state index is 12.4. The first-order valence-electron chi connectivity index (χ1n) is 6.16. The molecule has 2 rings (SSSR count). The molecule has 4 heteroatoms. The third-order valence-corrected chi connectivity index (χ3v) is 3.68. The zero-order chi connectivity index (χ0) is 13.6. The average molecular weight is 247 g/mol. The summed E-state index contributed by atoms with van der Waals surface area (Å²) in [5.41, 5.74) is 5.17. The van der Waals surface area contributed by atoms with E-state index in [0.717, 1.165) is 29.1 Å². The molecule has 0 N–H and O–H groups in total. The third kappa shape index (κ3) is 1.77. The van der Waals surface area contributed by atoms with Gasteiger partial charge in [-0.3, -0.25) is 9.20 Å². The third-order valence-electron chi connectivity index (χ3n) is 3.68. The molecule has 0 aliphatic carbocycles. The molecule has 0 aliphatic heterocycles. The number of aryl methyl sites for hydroxylation is 2. The van der Waals surface area contributed by atoms with E-state index in [0.29, 0.717) is 0 Å². The molecule has 0 radical (unpaired) electrons. The van der Waals surface area contributed by atoms with Crippen LogP contribution in [0.5, 0.6) is 0 Å². The summed E-state index contributed by atoms with van der Waals surface area (Å²) in [6, 6.07) is 2.09. The molecule has 0 aliphatic rings. The lowest BCUT2D eigenvalue weighted by atomic mass is 10.2. The van der Waals surface area contributed by atoms with Crippen molar-refractivity contribution in [2.24, 2.45) is 7.05 Å². The Hall–Kier alpha value is -1.55. The number of rotatable bonds is 2. The van der Waals surface area contributed by atoms with Crippen molar-refractivity contribution in [2.75, 3.05) is 14.1 Å². The van der Waals surface area contributed by atoms with E-state index in [-0.39, 0.29) is 5.56 Å². The Morgan fingerprint density at radius 1 is 1.22 bits per heavy atom. The molecule has 0 fully saturated rings. The minimum absolute atomic E-state index is 0.102. The molecule has 18 heavy (non-hydrogen) atoms. The molecule has 0 spiro atoms. The monoisotopic (exact) mass is 247 g/mol. The summed E-state index contributed by atoms with van der Waals surface area (Å²) in [4.78, 5) is 14.5. The van der Waals surface area contributed by atoms with Gasteiger partial charge in [0.2, 0.25) is 0 Å². The van der Waals surface area contributed by atoms with Crippen LogP contribution in [0.3, 0.4) is 0 Å². The van der Waals surface area contributed by atoms with E-state index < -0.39 is 0 Å². The molecule has 2 aromatic heterocycles. The van der Waals surface area contributed by atoms with E-state index in [1.165, 1.54) is 5.56 Å². The van der Waals surface area contributed by atoms with Gasteiger partial charge in [-0.05, 0) is 46.5 Å². The number of nitrogens with zero attached hydrogens (tertiary/aromatic N) is 3. The van der Waals surface area contributed by atoms with Crippen molar-refractivity contribution >= 4 is 5.65 Å². The van der Waals surface area contributed by atoms with Crippen molar-refractivity contribution in [3.05, 3.63) is 38.9 Å². The predicted molar refractivity (Wildman–Crippen MR) is 74.2 cm³/mol. The summed E-state index contributed by atoms with van der Waals surface area (Å²) in [6.45, 7) is 6.73. The van der Waals surface area contributed by atoms with Gasteiger partial charge in [0.15, 0.2) is 0 Å². The zero-order valence-electron chi connectivity index (χ0n) is 12.0. The Bertz CT molecular complexity index is 662. The second kappa shape index (κ2) is 4.28. The van der Waals surface area contributed by atoms with Crippen LogP contribution in [0, 0.1) is 20.8 Å². The predicted octanol–water partition coefficient (Wildman–Crippen LogP) is 1.62. The van der Waals surface area contributed by atoms with Crippen LogP contribution < -0.4 is 5.56 Å². The smallest absolute Gasteiger partial charge is 0.261 e. The van der Waals surface area contributed by atoms with Crippen LogP contribution in [0.25, 0.3) is 5.65 Å². The Labute approximate surface area is 107 Å². The van der Waals surface area contributed by atoms with Gasteiger partial charge in [0.1, 0.15) is 5.65 Å². The highest BCUT2D eigenvalue weighted by Gasteiger charge is 2.15. The Balaban J connectivity index is 2.90. The molecule has 0 atom stereocenters. The average Bonchev–Trinajstić information content (AvgIpc) is 2.61. The van der Waals surface area contributed by atoms with Crippen LogP contribution in [0.15, 0.2) is 10.9 Å². The van der Waals surface area contributed by atoms with Gasteiger partial charge in [-0.25, -0.2) is 0 Å². The van der Waals surface area contributed by atoms with Crippen LogP contribution >= 0.6 is 0 Å². The fourth-order valence-corrected chi connectivity index (χ4v) is 2.37. The fraction of sp³-hybridized carbons (Fsp3) is 0.500. The van der Waals surface area contributed by atoms with Crippen molar-refractivity contribution in [1.82, 2.24) is 13.9 Å². The first-order chi connectivity index (χ1) is 8.34. The molecule has 0 unspecified atom stereocenters. The molecular weight excluding hydrogens is 226 g/mol. The summed E-state index contributed by atoms with van der Waals surface area (Å²) >= 11 is 0. The van der Waals surface area contributed by atoms with Crippen LogP contribution in [0.1, 0.15) is 22.5 Å². The fourth-order valence-electron chi connectivity index (χ4n) is 2.37. The molecular formula is C14H21N3O. The Morgan fingerprint density at radius 2 is 1.83 bits per heavy atom. The van der Waals surface area contributed by atoms with E-state index in [2.05, 4.69) is 22.5 Å². The lowest BCUT2D eigenvalue weighted by molar-refractivity contribution is 0.393. The first kappa shape index (κ1) is 12.9. The van der Waals surface area contributed by atoms with E-state index in [1.807, 2.05) is 39.4 Å². The molecule has 0 saturated heterocycles. The minimum Gasteiger partial charge on any atom is -0.334 e. The van der Waals surface area contributed by atoms with Crippen molar-refractivity contribution in [2.45, 2.75) is 27.3 Å². The maximum atomic E-state index is 12.4. The largest absolute Gasteiger partial charge is 0.334 e. The minimum atomic E-state index is 0.102. The highest BCUT2D eigenvalue weighted by atomic mass is 16.1. The van der Waals surface area contributed by atoms with Gasteiger partial charge in [-0.1, -0.05) is 0 Å². The summed E-state index contributed by atoms with van der Waals surface area (Å²) in [7, 11) is 6.05. The van der Waals surface area contributed by atoms with Gasteiger partial charge in [-0.2, -0.15) is 0 Å². The van der Waals surface area contributed by atoms with Crippen LogP contribution in [-0.4, -0.2) is 28.0 Å². The van der Waals surface area contributed by atoms with E-state index in [9.17, 15) is 4.79 Å². The summed E-state index contributed by atoms with van der Waals surface area (Å²) in [5.74, 6) is 0. The molecule has 0 bridgehead atoms. The maximum Gasteiger partial charge on any atom is 0.261 e. The topological polar surface area (TPSA) is 29.6 Å². The van der Waals surface area contributed by atoms with Gasteiger partial charge in [-0.15, -0.1) is 0 Å². The van der Waals surface area contributed by atoms with Gasteiger partial charge < -0.3 is 9.47 Å². The van der Waals surface area contributed by atoms with Crippen LogP contribution in [0.4, 0.5) is 0 Å². The van der Waals surface area contributed by atoms with Gasteiger partial charge in [0.05, 0.1) is 0 Å². The molecule has 2 aromatic rings. The van der Waals surface area contributed by atoms with Crippen molar-refractivity contribution in [3.8, 4) is 0 Å². The van der Waals surface area contributed by atoms with Crippen LogP contribution in [-0.2, 0) is 13.6 Å². The molecule has 98 valence electrons. The Morgan fingerprint density at radius 3 is 2.39 bits per heavy atom. The number of aromatic nitrogens is 2. The van der Waals surface area contributed by atoms with Crippen molar-refractivity contribution < 1.29 is 0 Å². The van der Waals surface area contributed by atoms with E-state index in [4.69, 9.17) is 0 Å². The van der Waals surface area contributed by atoms with Gasteiger partial charge >= 0.3 is 0 Å². The van der Waals surface area contributed by atoms with E-state index in [1.54, 1.807) is 0 Å². The summed E-state index contributed by atoms with van der Waals surface area (Å²) in [5, 5.41) is 0. The highest BCUT2D eigenvalue weighted by molar-refractivity contribution is 5.50. The lowest BCUT2D eigenvalue weighted by Gasteiger charge is -2.14. The lowest BCUT2D eigenvalue weighted by Crippen LogP contribution is -2.25. The summed E-state index contributed by atoms with van der Waals surface area (Å²) < 4.78 is 3.93. The normalized spacial score (nSPS) is 11.7. The second-order valence-corrected chi connectivity index (χ2v) is 5.28. The number of hydrogen-bond donors (Lipinski definition) is 0. The zero-order valence-corrected chi connectivity index (χ0v) is 12.0. The molecule has 4 nitrogen and oxygen atoms in total. The Kier molecular flexibility index (Phi) is 3.07. The standard InChI is InChI=1S/C14H21N3O/c1-9-7-13-16(6)11(3)10(2)14(18)17(13)12(9)8-15(4)5/h7H,8H2,1-6H3. The molecule has 0 amide bonds. The van der Waals surface area contributed by atoms with E-state index >= 15 is 0 Å². The summed E-state index contributed by atoms with van der Waals surface area (Å²) in [6.07, 6.45) is 0. The van der Waals surface area contributed by atoms with Gasteiger partial charge in [0, 0.05) is 30.5 Å². The molecule has 0 aromatic carbocycles. The number of hydrogen-bond acceptors (Lipinski definition) is 2.